The third-order valence-corrected chi connectivity index (χ3v) is 7.08. The quantitative estimate of drug-likeness (QED) is 0.723. The summed E-state index contributed by atoms with van der Waals surface area (Å²) in [5, 5.41) is 6.53. The Kier molecular flexibility index (Phi) is 6.63. The number of piperazine rings is 1. The molecule has 0 radical (unpaired) electrons. The predicted molar refractivity (Wildman–Crippen MR) is 132 cm³/mol. The van der Waals surface area contributed by atoms with Crippen molar-refractivity contribution in [3.63, 3.8) is 0 Å². The van der Waals surface area contributed by atoms with Crippen molar-refractivity contribution < 1.29 is 9.59 Å². The summed E-state index contributed by atoms with van der Waals surface area (Å²) in [4.78, 5) is 30.7. The van der Waals surface area contributed by atoms with Crippen LogP contribution >= 0.6 is 0 Å². The summed E-state index contributed by atoms with van der Waals surface area (Å²) in [6.07, 6.45) is 6.67. The van der Waals surface area contributed by atoms with Crippen LogP contribution in [0.15, 0.2) is 48.5 Å². The molecular formula is C27H34N4O2. The lowest BCUT2D eigenvalue weighted by Crippen LogP contribution is -2.49. The van der Waals surface area contributed by atoms with E-state index in [1.165, 1.54) is 12.8 Å². The van der Waals surface area contributed by atoms with E-state index in [-0.39, 0.29) is 23.8 Å². The summed E-state index contributed by atoms with van der Waals surface area (Å²) < 4.78 is 0. The fourth-order valence-corrected chi connectivity index (χ4v) is 5.03. The molecule has 1 atom stereocenters. The van der Waals surface area contributed by atoms with Gasteiger partial charge in [0.1, 0.15) is 0 Å². The standard InChI is InChI=1S/C27H34N4O2/c32-26(21-10-11-21)29-22-12-13-23(24(18-22)30-15-6-1-2-7-16-30)27(33)31-17-14-28-19-25(31)20-8-4-3-5-9-20/h3-5,8-9,12-13,18,21,25,28H,1-2,6-7,10-11,14-17,19H2,(H,29,32). The number of carbonyl (C=O) groups is 2. The van der Waals surface area contributed by atoms with Gasteiger partial charge in [0.05, 0.1) is 17.3 Å². The van der Waals surface area contributed by atoms with Gasteiger partial charge in [0, 0.05) is 44.3 Å². The smallest absolute Gasteiger partial charge is 0.256 e. The zero-order chi connectivity index (χ0) is 22.6. The van der Waals surface area contributed by atoms with Crippen molar-refractivity contribution in [3.8, 4) is 0 Å². The van der Waals surface area contributed by atoms with E-state index in [2.05, 4.69) is 27.7 Å². The van der Waals surface area contributed by atoms with Crippen LogP contribution in [0, 0.1) is 5.92 Å². The molecule has 6 heteroatoms. The van der Waals surface area contributed by atoms with Crippen LogP contribution in [0.25, 0.3) is 0 Å². The number of amides is 2. The topological polar surface area (TPSA) is 64.7 Å². The highest BCUT2D eigenvalue weighted by atomic mass is 16.2. The number of nitrogens with one attached hydrogen (secondary N) is 2. The fourth-order valence-electron chi connectivity index (χ4n) is 5.03. The number of hydrogen-bond acceptors (Lipinski definition) is 4. The molecule has 2 N–H and O–H groups in total. The highest BCUT2D eigenvalue weighted by Gasteiger charge is 2.32. The minimum atomic E-state index is 0.0127. The van der Waals surface area contributed by atoms with Gasteiger partial charge in [-0.05, 0) is 49.4 Å². The van der Waals surface area contributed by atoms with E-state index in [1.807, 2.05) is 41.3 Å². The average molecular weight is 447 g/mol. The maximum atomic E-state index is 14.0. The number of rotatable bonds is 5. The molecule has 2 saturated heterocycles. The predicted octanol–water partition coefficient (Wildman–Crippen LogP) is 4.20. The molecule has 0 spiro atoms. The normalized spacial score (nSPS) is 21.4. The van der Waals surface area contributed by atoms with Gasteiger partial charge in [0.25, 0.3) is 5.91 Å². The molecule has 2 amide bonds. The zero-order valence-corrected chi connectivity index (χ0v) is 19.3. The van der Waals surface area contributed by atoms with Crippen LogP contribution in [0.1, 0.15) is 60.5 Å². The van der Waals surface area contributed by atoms with E-state index in [4.69, 9.17) is 0 Å². The Bertz CT molecular complexity index is 981. The zero-order valence-electron chi connectivity index (χ0n) is 19.3. The Hall–Kier alpha value is -2.86. The van der Waals surface area contributed by atoms with E-state index >= 15 is 0 Å². The van der Waals surface area contributed by atoms with Crippen molar-refractivity contribution in [3.05, 3.63) is 59.7 Å². The molecule has 0 bridgehead atoms. The minimum absolute atomic E-state index is 0.0127. The Morgan fingerprint density at radius 1 is 0.909 bits per heavy atom. The largest absolute Gasteiger partial charge is 0.371 e. The number of hydrogen-bond donors (Lipinski definition) is 2. The van der Waals surface area contributed by atoms with Crippen molar-refractivity contribution in [2.45, 2.75) is 44.6 Å². The molecule has 2 aromatic rings. The molecule has 5 rings (SSSR count). The third-order valence-electron chi connectivity index (χ3n) is 7.08. The monoisotopic (exact) mass is 446 g/mol. The minimum Gasteiger partial charge on any atom is -0.371 e. The maximum Gasteiger partial charge on any atom is 0.256 e. The van der Waals surface area contributed by atoms with Gasteiger partial charge in [-0.3, -0.25) is 9.59 Å². The number of anilines is 2. The third kappa shape index (κ3) is 5.06. The van der Waals surface area contributed by atoms with E-state index in [1.54, 1.807) is 0 Å². The molecule has 6 nitrogen and oxygen atoms in total. The summed E-state index contributed by atoms with van der Waals surface area (Å²) in [6, 6.07) is 16.1. The van der Waals surface area contributed by atoms with E-state index in [0.717, 1.165) is 74.4 Å². The summed E-state index contributed by atoms with van der Waals surface area (Å²) in [5.74, 6) is 0.326. The molecule has 3 aliphatic rings. The average Bonchev–Trinajstić information content (AvgIpc) is 3.72. The van der Waals surface area contributed by atoms with Crippen LogP contribution in [0.3, 0.4) is 0 Å². The van der Waals surface area contributed by atoms with Crippen LogP contribution in [0.5, 0.6) is 0 Å². The van der Waals surface area contributed by atoms with Crippen molar-refractivity contribution in [1.29, 1.82) is 0 Å². The van der Waals surface area contributed by atoms with Crippen molar-refractivity contribution in [2.75, 3.05) is 42.9 Å². The molecule has 1 saturated carbocycles. The van der Waals surface area contributed by atoms with E-state index < -0.39 is 0 Å². The molecule has 2 aromatic carbocycles. The van der Waals surface area contributed by atoms with Crippen LogP contribution in [-0.4, -0.2) is 49.4 Å². The molecule has 33 heavy (non-hydrogen) atoms. The molecule has 1 unspecified atom stereocenters. The van der Waals surface area contributed by atoms with Gasteiger partial charge < -0.3 is 20.4 Å². The van der Waals surface area contributed by atoms with Gasteiger partial charge in [-0.15, -0.1) is 0 Å². The lowest BCUT2D eigenvalue weighted by atomic mass is 10.0. The Balaban J connectivity index is 1.46. The Morgan fingerprint density at radius 2 is 1.67 bits per heavy atom. The number of nitrogens with zero attached hydrogens (tertiary/aromatic N) is 2. The molecule has 3 fully saturated rings. The van der Waals surface area contributed by atoms with Gasteiger partial charge in [-0.1, -0.05) is 43.2 Å². The number of benzene rings is 2. The van der Waals surface area contributed by atoms with Gasteiger partial charge in [0.15, 0.2) is 0 Å². The Morgan fingerprint density at radius 3 is 2.39 bits per heavy atom. The van der Waals surface area contributed by atoms with Crippen LogP contribution in [-0.2, 0) is 4.79 Å². The van der Waals surface area contributed by atoms with E-state index in [0.29, 0.717) is 6.54 Å². The molecule has 1 aliphatic carbocycles. The Labute approximate surface area is 196 Å². The lowest BCUT2D eigenvalue weighted by Gasteiger charge is -2.37. The van der Waals surface area contributed by atoms with Gasteiger partial charge in [-0.25, -0.2) is 0 Å². The first-order valence-electron chi connectivity index (χ1n) is 12.5. The summed E-state index contributed by atoms with van der Waals surface area (Å²) in [5.41, 5.74) is 3.65. The van der Waals surface area contributed by atoms with Crippen molar-refractivity contribution in [2.24, 2.45) is 5.92 Å². The van der Waals surface area contributed by atoms with Crippen LogP contribution < -0.4 is 15.5 Å². The summed E-state index contributed by atoms with van der Waals surface area (Å²) in [6.45, 7) is 4.12. The first-order chi connectivity index (χ1) is 16.2. The van der Waals surface area contributed by atoms with E-state index in [9.17, 15) is 9.59 Å². The fraction of sp³-hybridized carbons (Fsp3) is 0.481. The van der Waals surface area contributed by atoms with Crippen LogP contribution in [0.4, 0.5) is 11.4 Å². The van der Waals surface area contributed by atoms with Gasteiger partial charge >= 0.3 is 0 Å². The summed E-state index contributed by atoms with van der Waals surface area (Å²) >= 11 is 0. The second-order valence-electron chi connectivity index (χ2n) is 9.53. The van der Waals surface area contributed by atoms with Gasteiger partial charge in [0.2, 0.25) is 5.91 Å². The second-order valence-corrected chi connectivity index (χ2v) is 9.53. The lowest BCUT2D eigenvalue weighted by molar-refractivity contribution is -0.117. The first-order valence-corrected chi connectivity index (χ1v) is 12.5. The van der Waals surface area contributed by atoms with Crippen molar-refractivity contribution in [1.82, 2.24) is 10.2 Å². The SMILES string of the molecule is O=C(Nc1ccc(C(=O)N2CCNCC2c2ccccc2)c(N2CCCCCC2)c1)C1CC1. The molecule has 0 aromatic heterocycles. The number of carbonyl (C=O) groups excluding carboxylic acids is 2. The van der Waals surface area contributed by atoms with Crippen molar-refractivity contribution >= 4 is 23.2 Å². The maximum absolute atomic E-state index is 14.0. The molecular weight excluding hydrogens is 412 g/mol. The molecule has 174 valence electrons. The summed E-state index contributed by atoms with van der Waals surface area (Å²) in [7, 11) is 0. The highest BCUT2D eigenvalue weighted by Crippen LogP contribution is 2.34. The molecule has 2 aliphatic heterocycles. The first kappa shape index (κ1) is 22.0. The second kappa shape index (κ2) is 9.96. The van der Waals surface area contributed by atoms with Gasteiger partial charge in [-0.2, -0.15) is 0 Å². The highest BCUT2D eigenvalue weighted by molar-refractivity contribution is 6.02. The molecule has 2 heterocycles. The van der Waals surface area contributed by atoms with Crippen LogP contribution in [0.2, 0.25) is 0 Å².